The van der Waals surface area contributed by atoms with E-state index in [0.717, 1.165) is 10.2 Å². The number of para-hydroxylation sites is 1. The number of thiazole rings is 1. The molecule has 2 aromatic rings. The van der Waals surface area contributed by atoms with Crippen molar-refractivity contribution in [3.05, 3.63) is 24.3 Å². The van der Waals surface area contributed by atoms with Crippen molar-refractivity contribution in [3.63, 3.8) is 0 Å². The van der Waals surface area contributed by atoms with E-state index in [1.165, 1.54) is 11.3 Å². The minimum atomic E-state index is -4.27. The molecule has 0 radical (unpaired) electrons. The molecule has 0 aliphatic carbocycles. The van der Waals surface area contributed by atoms with Gasteiger partial charge in [0.25, 0.3) is 0 Å². The van der Waals surface area contributed by atoms with Crippen molar-refractivity contribution < 1.29 is 42.5 Å². The molecule has 17 heavy (non-hydrogen) atoms. The number of fused-ring (bicyclic) bond motifs is 1. The number of rotatable bonds is 4. The molecule has 1 heterocycles. The van der Waals surface area contributed by atoms with Crippen LogP contribution in [0.15, 0.2) is 24.3 Å². The smallest absolute Gasteiger partial charge is 0.747 e. The molecule has 6 nitrogen and oxygen atoms in total. The molecular formula is C8H8N3NaO3S2. The Morgan fingerprint density at radius 3 is 2.71 bits per heavy atom. The molecule has 2 N–H and O–H groups in total. The fourth-order valence-corrected chi connectivity index (χ4v) is 2.22. The van der Waals surface area contributed by atoms with Crippen LogP contribution in [-0.2, 0) is 10.1 Å². The van der Waals surface area contributed by atoms with Crippen LogP contribution in [0.25, 0.3) is 10.2 Å². The van der Waals surface area contributed by atoms with Gasteiger partial charge in [0.15, 0.2) is 5.13 Å². The minimum absolute atomic E-state index is 0. The third-order valence-corrected chi connectivity index (χ3v) is 3.19. The quantitative estimate of drug-likeness (QED) is 0.372. The fourth-order valence-electron chi connectivity index (χ4n) is 1.13. The molecular weight excluding hydrogens is 273 g/mol. The van der Waals surface area contributed by atoms with Crippen molar-refractivity contribution >= 4 is 36.8 Å². The number of anilines is 1. The molecule has 9 heteroatoms. The van der Waals surface area contributed by atoms with Gasteiger partial charge < -0.3 is 4.55 Å². The van der Waals surface area contributed by atoms with Crippen LogP contribution in [-0.4, -0.2) is 23.8 Å². The van der Waals surface area contributed by atoms with Crippen molar-refractivity contribution in [1.82, 2.24) is 10.4 Å². The normalized spacial score (nSPS) is 11.1. The van der Waals surface area contributed by atoms with E-state index in [4.69, 9.17) is 0 Å². The van der Waals surface area contributed by atoms with Crippen molar-refractivity contribution in [2.45, 2.75) is 0 Å². The van der Waals surface area contributed by atoms with E-state index in [0.29, 0.717) is 5.13 Å². The van der Waals surface area contributed by atoms with E-state index < -0.39 is 16.0 Å². The number of hydrogen-bond acceptors (Lipinski definition) is 7. The maximum atomic E-state index is 10.3. The predicted octanol–water partition coefficient (Wildman–Crippen LogP) is -2.28. The van der Waals surface area contributed by atoms with Crippen molar-refractivity contribution in [3.8, 4) is 0 Å². The van der Waals surface area contributed by atoms with Crippen molar-refractivity contribution in [2.75, 3.05) is 11.3 Å². The van der Waals surface area contributed by atoms with E-state index in [1.54, 1.807) is 0 Å². The van der Waals surface area contributed by atoms with Crippen LogP contribution in [0, 0.1) is 0 Å². The summed E-state index contributed by atoms with van der Waals surface area (Å²) in [6.45, 7) is 0. The van der Waals surface area contributed by atoms with E-state index >= 15 is 0 Å². The minimum Gasteiger partial charge on any atom is -0.747 e. The molecule has 0 saturated heterocycles. The van der Waals surface area contributed by atoms with Gasteiger partial charge in [0, 0.05) is 0 Å². The summed E-state index contributed by atoms with van der Waals surface area (Å²) in [5.41, 5.74) is 5.69. The summed E-state index contributed by atoms with van der Waals surface area (Å²) >= 11 is 1.37. The number of hydrogen-bond donors (Lipinski definition) is 2. The second-order valence-corrected chi connectivity index (χ2v) is 5.43. The van der Waals surface area contributed by atoms with Crippen LogP contribution < -0.4 is 40.4 Å². The first-order valence-electron chi connectivity index (χ1n) is 4.33. The molecule has 0 atom stereocenters. The SMILES string of the molecule is O=S(=O)([O-])CNNc1nc2ccccc2s1.[Na+]. The largest absolute Gasteiger partial charge is 1.00 e. The van der Waals surface area contributed by atoms with Gasteiger partial charge in [-0.25, -0.2) is 18.8 Å². The van der Waals surface area contributed by atoms with Gasteiger partial charge in [-0.15, -0.1) is 0 Å². The number of hydrazine groups is 1. The first kappa shape index (κ1) is 14.8. The maximum absolute atomic E-state index is 10.3. The monoisotopic (exact) mass is 281 g/mol. The fraction of sp³-hybridized carbons (Fsp3) is 0.125. The van der Waals surface area contributed by atoms with Crippen LogP contribution in [0.3, 0.4) is 0 Å². The standard InChI is InChI=1S/C8H9N3O3S2.Na/c12-16(13,14)5-9-11-8-10-6-3-1-2-4-7(6)15-8;/h1-4,9H,5H2,(H,10,11)(H,12,13,14);/q;+1/p-1. The number of nitrogens with zero attached hydrogens (tertiary/aromatic N) is 1. The molecule has 0 aliphatic heterocycles. The summed E-state index contributed by atoms with van der Waals surface area (Å²) in [6.07, 6.45) is 0. The van der Waals surface area contributed by atoms with Crippen LogP contribution in [0.1, 0.15) is 0 Å². The Morgan fingerprint density at radius 2 is 2.06 bits per heavy atom. The molecule has 0 bridgehead atoms. The Bertz CT molecular complexity index is 566. The van der Waals surface area contributed by atoms with Gasteiger partial charge in [-0.2, -0.15) is 0 Å². The Morgan fingerprint density at radius 1 is 1.35 bits per heavy atom. The van der Waals surface area contributed by atoms with E-state index in [-0.39, 0.29) is 29.6 Å². The van der Waals surface area contributed by atoms with Gasteiger partial charge in [-0.3, -0.25) is 5.43 Å². The number of aromatic nitrogens is 1. The molecule has 0 spiro atoms. The summed E-state index contributed by atoms with van der Waals surface area (Å²) in [7, 11) is -4.27. The van der Waals surface area contributed by atoms with Gasteiger partial charge >= 0.3 is 29.6 Å². The third kappa shape index (κ3) is 4.51. The van der Waals surface area contributed by atoms with E-state index in [2.05, 4.69) is 15.8 Å². The number of nitrogens with one attached hydrogen (secondary N) is 2. The zero-order chi connectivity index (χ0) is 11.6. The molecule has 1 aromatic heterocycles. The maximum Gasteiger partial charge on any atom is 1.00 e. The van der Waals surface area contributed by atoms with Crippen LogP contribution >= 0.6 is 11.3 Å². The zero-order valence-corrected chi connectivity index (χ0v) is 12.6. The zero-order valence-electron chi connectivity index (χ0n) is 9.00. The van der Waals surface area contributed by atoms with Crippen LogP contribution in [0.2, 0.25) is 0 Å². The number of benzene rings is 1. The van der Waals surface area contributed by atoms with E-state index in [1.807, 2.05) is 24.3 Å². The average Bonchev–Trinajstić information content (AvgIpc) is 2.57. The Labute approximate surface area is 124 Å². The topological polar surface area (TPSA) is 94.2 Å². The van der Waals surface area contributed by atoms with Crippen molar-refractivity contribution in [1.29, 1.82) is 0 Å². The molecule has 86 valence electrons. The molecule has 0 saturated carbocycles. The average molecular weight is 281 g/mol. The Balaban J connectivity index is 0.00000144. The first-order valence-corrected chi connectivity index (χ1v) is 6.72. The molecule has 0 aliphatic rings. The summed E-state index contributed by atoms with van der Waals surface area (Å²) in [5.74, 6) is -0.678. The Kier molecular flexibility index (Phi) is 5.32. The third-order valence-electron chi connectivity index (χ3n) is 1.74. The van der Waals surface area contributed by atoms with Crippen molar-refractivity contribution in [2.24, 2.45) is 0 Å². The summed E-state index contributed by atoms with van der Waals surface area (Å²) in [6, 6.07) is 7.51. The van der Waals surface area contributed by atoms with Gasteiger partial charge in [0.2, 0.25) is 0 Å². The van der Waals surface area contributed by atoms with Crippen LogP contribution in [0.5, 0.6) is 0 Å². The second kappa shape index (κ2) is 6.10. The Hall–Kier alpha value is -0.220. The molecule has 1 aromatic carbocycles. The molecule has 0 fully saturated rings. The predicted molar refractivity (Wildman–Crippen MR) is 60.9 cm³/mol. The summed E-state index contributed by atoms with van der Waals surface area (Å²) in [5, 5.41) is 0.518. The molecule has 0 unspecified atom stereocenters. The van der Waals surface area contributed by atoms with Gasteiger partial charge in [-0.1, -0.05) is 23.5 Å². The van der Waals surface area contributed by atoms with Crippen LogP contribution in [0.4, 0.5) is 5.13 Å². The second-order valence-electron chi connectivity index (χ2n) is 2.99. The first-order chi connectivity index (χ1) is 7.54. The van der Waals surface area contributed by atoms with Gasteiger partial charge in [-0.05, 0) is 12.1 Å². The van der Waals surface area contributed by atoms with Gasteiger partial charge in [0.05, 0.1) is 10.2 Å². The summed E-state index contributed by atoms with van der Waals surface area (Å²) in [4.78, 5) is 4.18. The molecule has 0 amide bonds. The van der Waals surface area contributed by atoms with Gasteiger partial charge in [0.1, 0.15) is 16.0 Å². The summed E-state index contributed by atoms with van der Waals surface area (Å²) < 4.78 is 31.9. The molecule has 2 rings (SSSR count). The van der Waals surface area contributed by atoms with E-state index in [9.17, 15) is 13.0 Å².